The van der Waals surface area contributed by atoms with Crippen LogP contribution in [0.2, 0.25) is 0 Å². The van der Waals surface area contributed by atoms with Gasteiger partial charge in [0.15, 0.2) is 0 Å². The summed E-state index contributed by atoms with van der Waals surface area (Å²) in [6.45, 7) is 1.00. The minimum atomic E-state index is -4.72. The lowest BCUT2D eigenvalue weighted by atomic mass is 10.0. The number of carbonyl (C=O) groups is 1. The molecule has 2 heterocycles. The highest BCUT2D eigenvalue weighted by molar-refractivity contribution is 6.11. The predicted octanol–water partition coefficient (Wildman–Crippen LogP) is 3.69. The number of hydrogen-bond acceptors (Lipinski definition) is 6. The normalized spacial score (nSPS) is 11.4. The van der Waals surface area contributed by atoms with E-state index in [2.05, 4.69) is 15.3 Å². The van der Waals surface area contributed by atoms with E-state index in [0.29, 0.717) is 13.1 Å². The van der Waals surface area contributed by atoms with Crippen molar-refractivity contribution in [3.8, 4) is 0 Å². The molecular weight excluding hydrogens is 335 g/mol. The van der Waals surface area contributed by atoms with Gasteiger partial charge in [-0.1, -0.05) is 0 Å². The van der Waals surface area contributed by atoms with Crippen molar-refractivity contribution in [1.29, 1.82) is 0 Å². The number of alkyl halides is 3. The second-order valence-corrected chi connectivity index (χ2v) is 5.28. The third kappa shape index (κ3) is 4.66. The Kier molecular flexibility index (Phi) is 5.92. The number of hydrogen-bond donors (Lipinski definition) is 3. The van der Waals surface area contributed by atoms with Crippen LogP contribution in [0.25, 0.3) is 0 Å². The molecule has 0 spiro atoms. The second-order valence-electron chi connectivity index (χ2n) is 5.28. The third-order valence-electron chi connectivity index (χ3n) is 3.44. The average molecular weight is 363 g/mol. The molecule has 0 fully saturated rings. The summed E-state index contributed by atoms with van der Waals surface area (Å²) in [5, 5.41) is 2.89. The number of rotatable bonds is 7. The van der Waals surface area contributed by atoms with Crippen molar-refractivity contribution in [2.75, 3.05) is 24.1 Å². The summed E-state index contributed by atoms with van der Waals surface area (Å²) in [6, 6.07) is 4.76. The van der Waals surface area contributed by atoms with E-state index in [4.69, 9.17) is 11.5 Å². The fraction of sp³-hybridized carbons (Fsp3) is 0.312. The Morgan fingerprint density at radius 2 is 2.00 bits per heavy atom. The van der Waals surface area contributed by atoms with Gasteiger partial charge in [0, 0.05) is 19.9 Å². The van der Waals surface area contributed by atoms with Crippen molar-refractivity contribution >= 4 is 17.4 Å². The summed E-state index contributed by atoms with van der Waals surface area (Å²) in [6.07, 6.45) is -1.86. The summed E-state index contributed by atoms with van der Waals surface area (Å²) in [5.41, 5.74) is 9.03. The van der Waals surface area contributed by atoms with Gasteiger partial charge in [-0.3, -0.25) is 4.79 Å². The maximum Gasteiger partial charge on any atom is 0.418 e. The average Bonchev–Trinajstić information content (AvgIpc) is 2.57. The van der Waals surface area contributed by atoms with Gasteiger partial charge in [-0.05, 0) is 43.7 Å². The maximum absolute atomic E-state index is 13.2. The van der Waals surface area contributed by atoms with Crippen LogP contribution >= 0.6 is 0 Å². The molecule has 144 valence electrons. The van der Waals surface area contributed by atoms with Gasteiger partial charge in [0.2, 0.25) is 5.78 Å². The molecule has 5 N–H and O–H groups in total. The summed E-state index contributed by atoms with van der Waals surface area (Å²) < 4.78 is 39.7. The van der Waals surface area contributed by atoms with E-state index in [-0.39, 0.29) is 24.3 Å². The molecule has 6 nitrogen and oxygen atoms in total. The van der Waals surface area contributed by atoms with Gasteiger partial charge in [-0.2, -0.15) is 13.2 Å². The number of nitrogens with zero attached hydrogens (tertiary/aromatic N) is 2. The van der Waals surface area contributed by atoms with Crippen LogP contribution in [0.5, 0.6) is 0 Å². The number of nitrogens with two attached hydrogens (primary N) is 2. The quantitative estimate of drug-likeness (QED) is 0.511. The molecule has 0 aliphatic carbocycles. The summed E-state index contributed by atoms with van der Waals surface area (Å²) in [5.74, 6) is -0.900. The summed E-state index contributed by atoms with van der Waals surface area (Å²) in [4.78, 5) is 20.1. The van der Waals surface area contributed by atoms with E-state index >= 15 is 0 Å². The first-order chi connectivity index (χ1) is 11.8. The first-order valence-electron chi connectivity index (χ1n) is 7.62. The first kappa shape index (κ1) is 18.7. The van der Waals surface area contributed by atoms with Gasteiger partial charge >= 0.3 is 6.18 Å². The fourth-order valence-electron chi connectivity index (χ4n) is 2.18. The number of anilines is 2. The Morgan fingerprint density at radius 1 is 1.24 bits per heavy atom. The molecule has 2 aromatic heterocycles. The van der Waals surface area contributed by atoms with E-state index < -0.39 is 23.2 Å². The number of carbonyl (C=O) groups excluding carboxylic acids is 1. The van der Waals surface area contributed by atoms with Gasteiger partial charge in [0.1, 0.15) is 17.3 Å². The fourth-order valence-corrected chi connectivity index (χ4v) is 2.18. The Labute approximate surface area is 149 Å². The van der Waals surface area contributed by atoms with Crippen LogP contribution in [-0.4, -0.2) is 28.8 Å². The largest absolute Gasteiger partial charge is 0.418 e. The molecule has 25 heavy (non-hydrogen) atoms. The molecular formula is C16H28F3N5O. The molecule has 0 aromatic carbocycles. The maximum atomic E-state index is 13.2. The van der Waals surface area contributed by atoms with Crippen LogP contribution in [0.3, 0.4) is 0 Å². The van der Waals surface area contributed by atoms with Gasteiger partial charge in [-0.15, -0.1) is 0 Å². The number of unbranched alkanes of at least 4 members (excludes halogenated alkanes) is 1. The number of pyridine rings is 2. The number of halogens is 3. The zero-order valence-electron chi connectivity index (χ0n) is 13.3. The molecule has 0 radical (unpaired) electrons. The van der Waals surface area contributed by atoms with Crippen LogP contribution in [0.15, 0.2) is 30.5 Å². The van der Waals surface area contributed by atoms with Gasteiger partial charge in [-0.25, -0.2) is 9.97 Å². The second kappa shape index (κ2) is 7.93. The first-order valence-corrected chi connectivity index (χ1v) is 7.62. The van der Waals surface area contributed by atoms with Crippen molar-refractivity contribution in [2.45, 2.75) is 19.0 Å². The molecule has 9 heteroatoms. The molecule has 0 atom stereocenters. The van der Waals surface area contributed by atoms with Crippen LogP contribution in [-0.2, 0) is 6.18 Å². The highest BCUT2D eigenvalue weighted by Gasteiger charge is 2.37. The van der Waals surface area contributed by atoms with Crippen LogP contribution in [0, 0.1) is 0 Å². The highest BCUT2D eigenvalue weighted by Crippen LogP contribution is 2.33. The molecule has 2 aromatic rings. The van der Waals surface area contributed by atoms with E-state index in [1.165, 1.54) is 24.4 Å². The molecule has 0 saturated carbocycles. The van der Waals surface area contributed by atoms with Crippen LogP contribution in [0.1, 0.15) is 41.6 Å². The van der Waals surface area contributed by atoms with E-state index in [9.17, 15) is 18.0 Å². The molecule has 0 amide bonds. The summed E-state index contributed by atoms with van der Waals surface area (Å²) in [7, 11) is 0. The smallest absolute Gasteiger partial charge is 0.383 e. The van der Waals surface area contributed by atoms with Crippen molar-refractivity contribution in [3.63, 3.8) is 0 Å². The van der Waals surface area contributed by atoms with Gasteiger partial charge in [0.25, 0.3) is 0 Å². The van der Waals surface area contributed by atoms with E-state index in [1.54, 1.807) is 0 Å². The number of nitrogen functional groups attached to an aromatic ring is 1. The van der Waals surface area contributed by atoms with Crippen molar-refractivity contribution in [1.82, 2.24) is 9.97 Å². The molecule has 0 saturated heterocycles. The lowest BCUT2D eigenvalue weighted by molar-refractivity contribution is -0.138. The van der Waals surface area contributed by atoms with Gasteiger partial charge in [0.05, 0.1) is 11.1 Å². The van der Waals surface area contributed by atoms with E-state index in [1.807, 2.05) is 0 Å². The van der Waals surface area contributed by atoms with Crippen molar-refractivity contribution in [2.24, 2.45) is 5.73 Å². The Morgan fingerprint density at radius 3 is 2.64 bits per heavy atom. The van der Waals surface area contributed by atoms with Crippen molar-refractivity contribution < 1.29 is 25.1 Å². The van der Waals surface area contributed by atoms with Gasteiger partial charge < -0.3 is 16.8 Å². The predicted molar refractivity (Wildman–Crippen MR) is 98.7 cm³/mol. The monoisotopic (exact) mass is 363 g/mol. The van der Waals surface area contributed by atoms with Crippen molar-refractivity contribution in [3.05, 3.63) is 47.3 Å². The Bertz CT molecular complexity index is 768. The number of nitrogens with one attached hydrogen (secondary N) is 1. The lowest BCUT2D eigenvalue weighted by Gasteiger charge is -2.14. The molecule has 2 rings (SSSR count). The topological polar surface area (TPSA) is 107 Å². The Hall–Kier alpha value is -2.68. The van der Waals surface area contributed by atoms with Crippen LogP contribution < -0.4 is 16.8 Å². The van der Waals surface area contributed by atoms with Crippen LogP contribution in [0.4, 0.5) is 24.8 Å². The third-order valence-corrected chi connectivity index (χ3v) is 3.44. The zero-order valence-corrected chi connectivity index (χ0v) is 13.3. The number of aromatic nitrogens is 2. The SMILES string of the molecule is NCCCCNc1ccc(C(F)(F)F)c(C(=O)c2cccnc2N)n1.[HH].[HH].[HH].[HH].[HH]. The standard InChI is InChI=1S/C16H18F3N5O.5H2/c17-16(18,19)11-5-6-12(22-8-2-1-7-20)24-13(11)14(25)10-4-3-9-23-15(10)21;;;;;/h3-6,9H,1-2,7-8,20H2,(H2,21,23)(H,22,24);5*1H. The molecule has 0 aliphatic heterocycles. The zero-order chi connectivity index (χ0) is 18.4. The minimum Gasteiger partial charge on any atom is -0.383 e. The minimum absolute atomic E-state index is 0. The molecule has 0 aliphatic rings. The number of ketones is 1. The molecule has 0 unspecified atom stereocenters. The summed E-state index contributed by atoms with van der Waals surface area (Å²) >= 11 is 0. The highest BCUT2D eigenvalue weighted by atomic mass is 19.4. The van der Waals surface area contributed by atoms with E-state index in [0.717, 1.165) is 18.9 Å². The Balaban J connectivity index is -0.000000676. The lowest BCUT2D eigenvalue weighted by Crippen LogP contribution is -2.18. The molecule has 0 bridgehead atoms.